The fourth-order valence-corrected chi connectivity index (χ4v) is 7.62. The molecular formula is C18H34N4O10S9. The van der Waals surface area contributed by atoms with Crippen molar-refractivity contribution >= 4 is 131 Å². The first-order chi connectivity index (χ1) is 20.2. The molecule has 0 aliphatic heterocycles. The van der Waals surface area contributed by atoms with Gasteiger partial charge in [-0.1, -0.05) is 11.8 Å². The summed E-state index contributed by atoms with van der Waals surface area (Å²) in [4.78, 5) is 50.1. The predicted octanol–water partition coefficient (Wildman–Crippen LogP) is 4.38. The number of carbonyl (C=O) groups excluding carboxylic acids is 2. The van der Waals surface area contributed by atoms with Gasteiger partial charge in [0.05, 0.1) is 35.4 Å². The van der Waals surface area contributed by atoms with E-state index in [2.05, 4.69) is 25.5 Å². The van der Waals surface area contributed by atoms with Crippen LogP contribution in [-0.4, -0.2) is 115 Å². The number of aliphatic hydroxyl groups is 2. The van der Waals surface area contributed by atoms with Gasteiger partial charge in [0.15, 0.2) is 0 Å². The Labute approximate surface area is 277 Å². The molecule has 0 aromatic carbocycles. The van der Waals surface area contributed by atoms with Gasteiger partial charge in [0.25, 0.3) is 0 Å². The molecule has 4 N–H and O–H groups in total. The van der Waals surface area contributed by atoms with Crippen LogP contribution in [0.1, 0.15) is 0 Å². The van der Waals surface area contributed by atoms with E-state index in [9.17, 15) is 9.59 Å². The first-order valence-corrected chi connectivity index (χ1v) is 21.4. The molecule has 0 heterocycles. The number of thioether (sulfide) groups is 9. The second-order valence-corrected chi connectivity index (χ2v) is 15.8. The lowest BCUT2D eigenvalue weighted by Gasteiger charge is -2.06. The van der Waals surface area contributed by atoms with Crippen LogP contribution in [0.15, 0.2) is 9.98 Å². The summed E-state index contributed by atoms with van der Waals surface area (Å²) in [5.74, 6) is 2.74. The van der Waals surface area contributed by atoms with Gasteiger partial charge in [-0.25, -0.2) is 19.6 Å². The molecule has 0 atom stereocenters. The topological polar surface area (TPSA) is 179 Å². The lowest BCUT2D eigenvalue weighted by molar-refractivity contribution is -0.196. The van der Waals surface area contributed by atoms with Gasteiger partial charge in [-0.15, -0.1) is 94.1 Å². The highest BCUT2D eigenvalue weighted by Crippen LogP contribution is 2.18. The zero-order valence-electron chi connectivity index (χ0n) is 21.8. The summed E-state index contributed by atoms with van der Waals surface area (Å²) in [5, 5.41) is 25.4. The van der Waals surface area contributed by atoms with E-state index in [1.807, 2.05) is 0 Å². The normalized spacial score (nSPS) is 11.2. The molecule has 240 valence electrons. The molecular weight excluding hydrogens is 721 g/mol. The number of rotatable bonds is 30. The highest BCUT2D eigenvalue weighted by Gasteiger charge is 2.02. The molecule has 14 nitrogen and oxygen atoms in total. The summed E-state index contributed by atoms with van der Waals surface area (Å²) < 4.78 is 9.89. The van der Waals surface area contributed by atoms with Crippen LogP contribution in [0.25, 0.3) is 0 Å². The third kappa shape index (κ3) is 36.6. The standard InChI is InChI=1S/C18H34N4O10S9/c23-7-37-9-27-17(25)21-5-35-13-34-4-20-2-30-32-12-40-16-41-15-39-10-28-18(26)22-6-36-14-33-3-19-1-29-31-11-38-8-24/h1-2,23-24H,3-16H2,(H,21,25)(H,22,26)/b19-1-,20-2+. The summed E-state index contributed by atoms with van der Waals surface area (Å²) in [5.41, 5.74) is 0. The molecule has 2 amide bonds. The monoisotopic (exact) mass is 754 g/mol. The van der Waals surface area contributed by atoms with Crippen LogP contribution in [0.4, 0.5) is 9.59 Å². The molecule has 0 aliphatic carbocycles. The molecule has 0 aliphatic rings. The van der Waals surface area contributed by atoms with Crippen LogP contribution in [-0.2, 0) is 29.0 Å². The second-order valence-electron chi connectivity index (χ2n) is 5.81. The Bertz CT molecular complexity index is 666. The molecule has 0 bridgehead atoms. The Kier molecular flexibility index (Phi) is 37.1. The van der Waals surface area contributed by atoms with E-state index in [0.29, 0.717) is 29.4 Å². The van der Waals surface area contributed by atoms with Crippen LogP contribution in [0, 0.1) is 0 Å². The minimum absolute atomic E-state index is 0.0297. The molecule has 41 heavy (non-hydrogen) atoms. The molecule has 0 aromatic rings. The lowest BCUT2D eigenvalue weighted by atomic mass is 11.1. The van der Waals surface area contributed by atoms with E-state index in [1.165, 1.54) is 59.8 Å². The van der Waals surface area contributed by atoms with Crippen LogP contribution < -0.4 is 10.6 Å². The van der Waals surface area contributed by atoms with Gasteiger partial charge in [0, 0.05) is 20.3 Å². The van der Waals surface area contributed by atoms with Crippen molar-refractivity contribution in [3.05, 3.63) is 0 Å². The average Bonchev–Trinajstić information content (AvgIpc) is 2.97. The van der Waals surface area contributed by atoms with Gasteiger partial charge < -0.3 is 40.1 Å². The minimum atomic E-state index is -0.512. The Morgan fingerprint density at radius 2 is 1.02 bits per heavy atom. The van der Waals surface area contributed by atoms with Crippen molar-refractivity contribution in [2.45, 2.75) is 0 Å². The van der Waals surface area contributed by atoms with Crippen LogP contribution in [0.2, 0.25) is 0 Å². The average molecular weight is 755 g/mol. The second kappa shape index (κ2) is 36.7. The number of nitrogens with zero attached hydrogens (tertiary/aromatic N) is 2. The van der Waals surface area contributed by atoms with Crippen molar-refractivity contribution in [3.8, 4) is 0 Å². The molecule has 0 rings (SSSR count). The molecule has 0 saturated carbocycles. The maximum atomic E-state index is 11.6. The molecule has 0 aromatic heterocycles. The third-order valence-corrected chi connectivity index (χ3v) is 11.2. The largest absolute Gasteiger partial charge is 0.438 e. The molecule has 0 spiro atoms. The van der Waals surface area contributed by atoms with Crippen LogP contribution in [0.3, 0.4) is 0 Å². The van der Waals surface area contributed by atoms with Crippen LogP contribution in [0.5, 0.6) is 0 Å². The summed E-state index contributed by atoms with van der Waals surface area (Å²) in [6, 6.07) is 0. The number of ether oxygens (including phenoxy) is 2. The fourth-order valence-electron chi connectivity index (χ4n) is 1.49. The number of hydrogen-bond donors (Lipinski definition) is 4. The highest BCUT2D eigenvalue weighted by molar-refractivity contribution is 8.22. The van der Waals surface area contributed by atoms with Gasteiger partial charge in [-0.2, -0.15) is 9.78 Å². The number of aliphatic hydroxyl groups excluding tert-OH is 2. The third-order valence-electron chi connectivity index (χ3n) is 3.00. The Morgan fingerprint density at radius 1 is 0.585 bits per heavy atom. The predicted molar refractivity (Wildman–Crippen MR) is 181 cm³/mol. The minimum Gasteiger partial charge on any atom is -0.438 e. The number of nitrogens with one attached hydrogen (secondary N) is 2. The van der Waals surface area contributed by atoms with Gasteiger partial charge in [0.1, 0.15) is 23.8 Å². The number of amides is 2. The van der Waals surface area contributed by atoms with Gasteiger partial charge in [0.2, 0.25) is 12.8 Å². The smallest absolute Gasteiger partial charge is 0.408 e. The van der Waals surface area contributed by atoms with E-state index in [0.717, 1.165) is 32.1 Å². The Morgan fingerprint density at radius 3 is 1.56 bits per heavy atom. The van der Waals surface area contributed by atoms with E-state index in [-0.39, 0.29) is 29.7 Å². The molecule has 0 radical (unpaired) electrons. The molecule has 0 unspecified atom stereocenters. The number of carbonyl (C=O) groups is 2. The molecule has 0 fully saturated rings. The van der Waals surface area contributed by atoms with Gasteiger partial charge in [-0.05, 0) is 0 Å². The van der Waals surface area contributed by atoms with E-state index in [1.54, 1.807) is 47.0 Å². The zero-order valence-corrected chi connectivity index (χ0v) is 29.1. The van der Waals surface area contributed by atoms with Crippen molar-refractivity contribution in [1.82, 2.24) is 10.6 Å². The number of aliphatic imine (C=N–C) groups is 2. The maximum Gasteiger partial charge on any atom is 0.408 e. The van der Waals surface area contributed by atoms with Crippen molar-refractivity contribution < 1.29 is 48.8 Å². The number of alkyl carbamates (subject to hydrolysis) is 2. The highest BCUT2D eigenvalue weighted by atomic mass is 32.2. The van der Waals surface area contributed by atoms with Crippen molar-refractivity contribution in [1.29, 1.82) is 0 Å². The van der Waals surface area contributed by atoms with Crippen molar-refractivity contribution in [2.24, 2.45) is 9.98 Å². The Hall–Kier alpha value is 0.470. The van der Waals surface area contributed by atoms with Crippen molar-refractivity contribution in [3.63, 3.8) is 0 Å². The van der Waals surface area contributed by atoms with Crippen LogP contribution >= 0.6 is 106 Å². The summed E-state index contributed by atoms with van der Waals surface area (Å²) >= 11 is 13.2. The fraction of sp³-hybridized carbons (Fsp3) is 0.778. The summed E-state index contributed by atoms with van der Waals surface area (Å²) in [7, 11) is 0. The van der Waals surface area contributed by atoms with Crippen molar-refractivity contribution in [2.75, 3.05) is 79.5 Å². The quantitative estimate of drug-likeness (QED) is 0.0203. The molecule has 23 heteroatoms. The Balaban J connectivity index is 3.26. The van der Waals surface area contributed by atoms with E-state index < -0.39 is 12.2 Å². The summed E-state index contributed by atoms with van der Waals surface area (Å²) in [6.07, 6.45) is 1.49. The first kappa shape index (κ1) is 41.5. The summed E-state index contributed by atoms with van der Waals surface area (Å²) in [6.45, 7) is 0. The van der Waals surface area contributed by atoms with E-state index >= 15 is 0 Å². The first-order valence-electron chi connectivity index (χ1n) is 11.0. The number of hydrogen-bond acceptors (Lipinski definition) is 21. The lowest BCUT2D eigenvalue weighted by Crippen LogP contribution is -2.23. The zero-order chi connectivity index (χ0) is 29.9. The molecule has 0 saturated heterocycles. The van der Waals surface area contributed by atoms with Gasteiger partial charge in [-0.3, -0.25) is 0 Å². The van der Waals surface area contributed by atoms with E-state index in [4.69, 9.17) is 34.3 Å². The van der Waals surface area contributed by atoms with Gasteiger partial charge >= 0.3 is 12.2 Å². The maximum absolute atomic E-state index is 11.6. The SMILES string of the molecule is O=C(NCSCSC/N=C/OOCSCSCSCOC(=O)NCSCSC/N=C\OOCSCO)OCSCO.